The summed E-state index contributed by atoms with van der Waals surface area (Å²) in [5.41, 5.74) is 0.668. The first-order valence-electron chi connectivity index (χ1n) is 6.29. The molecule has 0 saturated heterocycles. The van der Waals surface area contributed by atoms with Crippen molar-refractivity contribution < 1.29 is 17.9 Å². The second kappa shape index (κ2) is 7.09. The van der Waals surface area contributed by atoms with Gasteiger partial charge < -0.3 is 4.74 Å². The number of carbonyl (C=O) groups is 1. The molecule has 0 bridgehead atoms. The Balaban J connectivity index is 2.18. The predicted octanol–water partition coefficient (Wildman–Crippen LogP) is 4.41. The van der Waals surface area contributed by atoms with Gasteiger partial charge in [-0.1, -0.05) is 40.9 Å². The molecule has 0 radical (unpaired) electrons. The lowest BCUT2D eigenvalue weighted by Gasteiger charge is -2.08. The van der Waals surface area contributed by atoms with Crippen molar-refractivity contribution in [3.63, 3.8) is 0 Å². The van der Waals surface area contributed by atoms with E-state index < -0.39 is 15.8 Å². The van der Waals surface area contributed by atoms with Crippen molar-refractivity contribution in [2.24, 2.45) is 0 Å². The minimum atomic E-state index is -3.54. The molecule has 0 aliphatic carbocycles. The molecule has 23 heavy (non-hydrogen) atoms. The van der Waals surface area contributed by atoms with Crippen LogP contribution < -0.4 is 0 Å². The fourth-order valence-corrected chi connectivity index (χ4v) is 3.54. The molecule has 0 aromatic heterocycles. The summed E-state index contributed by atoms with van der Waals surface area (Å²) in [6.45, 7) is -0.0638. The lowest BCUT2D eigenvalue weighted by atomic mass is 10.2. The molecular formula is C15H11Cl3O4S. The molecule has 8 heteroatoms. The van der Waals surface area contributed by atoms with Gasteiger partial charge >= 0.3 is 5.97 Å². The maximum Gasteiger partial charge on any atom is 0.338 e. The number of sulfone groups is 1. The third-order valence-electron chi connectivity index (χ3n) is 2.94. The molecule has 2 aromatic carbocycles. The fraction of sp³-hybridized carbons (Fsp3) is 0.133. The molecule has 0 aliphatic rings. The zero-order valence-electron chi connectivity index (χ0n) is 11.8. The SMILES string of the molecule is CS(=O)(=O)c1cc(C(=O)OCc2ccc(Cl)cc2Cl)ccc1Cl. The van der Waals surface area contributed by atoms with Crippen molar-refractivity contribution in [1.29, 1.82) is 0 Å². The number of hydrogen-bond acceptors (Lipinski definition) is 4. The second-order valence-corrected chi connectivity index (χ2v) is 7.96. The average Bonchev–Trinajstić information content (AvgIpc) is 2.45. The van der Waals surface area contributed by atoms with Gasteiger partial charge in [0.2, 0.25) is 0 Å². The molecule has 0 aliphatic heterocycles. The van der Waals surface area contributed by atoms with Crippen LogP contribution in [0.2, 0.25) is 15.1 Å². The summed E-state index contributed by atoms with van der Waals surface area (Å²) in [7, 11) is -3.54. The second-order valence-electron chi connectivity index (χ2n) is 4.73. The summed E-state index contributed by atoms with van der Waals surface area (Å²) in [5.74, 6) is -0.683. The van der Waals surface area contributed by atoms with Gasteiger partial charge in [0.15, 0.2) is 9.84 Å². The highest BCUT2D eigenvalue weighted by atomic mass is 35.5. The fourth-order valence-electron chi connectivity index (χ4n) is 1.78. The molecule has 0 N–H and O–H groups in total. The van der Waals surface area contributed by atoms with E-state index in [0.29, 0.717) is 15.6 Å². The summed E-state index contributed by atoms with van der Waals surface area (Å²) in [4.78, 5) is 11.9. The van der Waals surface area contributed by atoms with Crippen molar-refractivity contribution in [1.82, 2.24) is 0 Å². The molecule has 0 fully saturated rings. The summed E-state index contributed by atoms with van der Waals surface area (Å²) in [5, 5.41) is 0.892. The topological polar surface area (TPSA) is 60.4 Å². The van der Waals surface area contributed by atoms with E-state index in [1.165, 1.54) is 24.3 Å². The van der Waals surface area contributed by atoms with Gasteiger partial charge in [0, 0.05) is 21.9 Å². The summed E-state index contributed by atoms with van der Waals surface area (Å²) in [6.07, 6.45) is 1.01. The Hall–Kier alpha value is -1.27. The van der Waals surface area contributed by atoms with E-state index >= 15 is 0 Å². The Morgan fingerprint density at radius 3 is 2.35 bits per heavy atom. The van der Waals surface area contributed by atoms with Crippen molar-refractivity contribution in [3.8, 4) is 0 Å². The van der Waals surface area contributed by atoms with Crippen molar-refractivity contribution in [2.75, 3.05) is 6.26 Å². The van der Waals surface area contributed by atoms with Crippen LogP contribution in [0.15, 0.2) is 41.3 Å². The molecule has 0 spiro atoms. The third-order valence-corrected chi connectivity index (χ3v) is 5.11. The van der Waals surface area contributed by atoms with Crippen molar-refractivity contribution in [3.05, 3.63) is 62.6 Å². The Kier molecular flexibility index (Phi) is 5.57. The van der Waals surface area contributed by atoms with Crippen LogP contribution in [0.5, 0.6) is 0 Å². The zero-order chi connectivity index (χ0) is 17.2. The molecule has 4 nitrogen and oxygen atoms in total. The normalized spacial score (nSPS) is 11.3. The van der Waals surface area contributed by atoms with Gasteiger partial charge in [-0.25, -0.2) is 13.2 Å². The molecule has 0 unspecified atom stereocenters. The van der Waals surface area contributed by atoms with Gasteiger partial charge in [-0.2, -0.15) is 0 Å². The number of benzene rings is 2. The van der Waals surface area contributed by atoms with Gasteiger partial charge in [-0.15, -0.1) is 0 Å². The predicted molar refractivity (Wildman–Crippen MR) is 90.1 cm³/mol. The number of carbonyl (C=O) groups excluding carboxylic acids is 1. The lowest BCUT2D eigenvalue weighted by molar-refractivity contribution is 0.0472. The largest absolute Gasteiger partial charge is 0.457 e. The molecular weight excluding hydrogens is 383 g/mol. The van der Waals surface area contributed by atoms with E-state index in [1.807, 2.05) is 0 Å². The quantitative estimate of drug-likeness (QED) is 0.722. The number of halogens is 3. The van der Waals surface area contributed by atoms with Crippen LogP contribution in [0.3, 0.4) is 0 Å². The highest BCUT2D eigenvalue weighted by Crippen LogP contribution is 2.24. The maximum atomic E-state index is 12.1. The van der Waals surface area contributed by atoms with Crippen LogP contribution in [-0.4, -0.2) is 20.6 Å². The first kappa shape index (κ1) is 18.1. The standard InChI is InChI=1S/C15H11Cl3O4S/c1-23(20,21)14-6-9(3-5-12(14)17)15(19)22-8-10-2-4-11(16)7-13(10)18/h2-7H,8H2,1H3. The summed E-state index contributed by atoms with van der Waals surface area (Å²) < 4.78 is 28.4. The minimum absolute atomic E-state index is 0.0461. The van der Waals surface area contributed by atoms with E-state index in [1.54, 1.807) is 12.1 Å². The van der Waals surface area contributed by atoms with E-state index in [-0.39, 0.29) is 22.1 Å². The van der Waals surface area contributed by atoms with Crippen molar-refractivity contribution >= 4 is 50.6 Å². The smallest absolute Gasteiger partial charge is 0.338 e. The maximum absolute atomic E-state index is 12.1. The number of esters is 1. The molecule has 2 rings (SSSR count). The van der Waals surface area contributed by atoms with Crippen LogP contribution >= 0.6 is 34.8 Å². The van der Waals surface area contributed by atoms with E-state index in [2.05, 4.69) is 0 Å². The van der Waals surface area contributed by atoms with Crippen molar-refractivity contribution in [2.45, 2.75) is 11.5 Å². The van der Waals surface area contributed by atoms with Crippen LogP contribution in [0.1, 0.15) is 15.9 Å². The molecule has 2 aromatic rings. The Morgan fingerprint density at radius 2 is 1.74 bits per heavy atom. The first-order valence-corrected chi connectivity index (χ1v) is 9.31. The average molecular weight is 394 g/mol. The molecule has 0 heterocycles. The van der Waals surface area contributed by atoms with Gasteiger partial charge in [-0.05, 0) is 30.3 Å². The number of ether oxygens (including phenoxy) is 1. The third kappa shape index (κ3) is 4.61. The van der Waals surface area contributed by atoms with Gasteiger partial charge in [0.05, 0.1) is 15.5 Å². The van der Waals surface area contributed by atoms with Gasteiger partial charge in [-0.3, -0.25) is 0 Å². The Bertz CT molecular complexity index is 863. The van der Waals surface area contributed by atoms with Gasteiger partial charge in [0.1, 0.15) is 6.61 Å². The van der Waals surface area contributed by atoms with Crippen LogP contribution in [0, 0.1) is 0 Å². The monoisotopic (exact) mass is 392 g/mol. The highest BCUT2D eigenvalue weighted by Gasteiger charge is 2.17. The van der Waals surface area contributed by atoms with Gasteiger partial charge in [0.25, 0.3) is 0 Å². The number of hydrogen-bond donors (Lipinski definition) is 0. The highest BCUT2D eigenvalue weighted by molar-refractivity contribution is 7.90. The van der Waals surface area contributed by atoms with Crippen LogP contribution in [-0.2, 0) is 21.2 Å². The van der Waals surface area contributed by atoms with E-state index in [9.17, 15) is 13.2 Å². The molecule has 0 saturated carbocycles. The zero-order valence-corrected chi connectivity index (χ0v) is 14.9. The van der Waals surface area contributed by atoms with E-state index in [0.717, 1.165) is 6.26 Å². The summed E-state index contributed by atoms with van der Waals surface area (Å²) >= 11 is 17.6. The van der Waals surface area contributed by atoms with E-state index in [4.69, 9.17) is 39.5 Å². The Morgan fingerprint density at radius 1 is 1.04 bits per heavy atom. The lowest BCUT2D eigenvalue weighted by Crippen LogP contribution is -2.07. The molecule has 122 valence electrons. The Labute approximate surface area is 148 Å². The molecule has 0 amide bonds. The summed E-state index contributed by atoms with van der Waals surface area (Å²) in [6, 6.07) is 8.72. The number of rotatable bonds is 4. The first-order chi connectivity index (χ1) is 10.7. The minimum Gasteiger partial charge on any atom is -0.457 e. The molecule has 0 atom stereocenters. The van der Waals surface area contributed by atoms with Crippen LogP contribution in [0.4, 0.5) is 0 Å². The van der Waals surface area contributed by atoms with Crippen LogP contribution in [0.25, 0.3) is 0 Å².